The van der Waals surface area contributed by atoms with Crippen LogP contribution >= 0.6 is 0 Å². The first-order valence-corrected chi connectivity index (χ1v) is 9.48. The maximum absolute atomic E-state index is 13.0. The third-order valence-electron chi connectivity index (χ3n) is 4.83. The zero-order valence-electron chi connectivity index (χ0n) is 16.4. The Labute approximate surface area is 169 Å². The minimum absolute atomic E-state index is 0.0911. The molecule has 0 saturated carbocycles. The summed E-state index contributed by atoms with van der Waals surface area (Å²) in [5.74, 6) is 0.167. The van der Waals surface area contributed by atoms with Gasteiger partial charge in [0.2, 0.25) is 5.91 Å². The number of nitrogens with one attached hydrogen (secondary N) is 2. The van der Waals surface area contributed by atoms with Crippen molar-refractivity contribution in [2.24, 2.45) is 0 Å². The fourth-order valence-electron chi connectivity index (χ4n) is 3.19. The molecule has 8 heteroatoms. The lowest BCUT2D eigenvalue weighted by Crippen LogP contribution is -2.53. The summed E-state index contributed by atoms with van der Waals surface area (Å²) in [5, 5.41) is 5.43. The van der Waals surface area contributed by atoms with Crippen LogP contribution < -0.4 is 20.3 Å². The quantitative estimate of drug-likeness (QED) is 0.778. The first kappa shape index (κ1) is 20.4. The molecule has 0 aromatic heterocycles. The number of ether oxygens (including phenoxy) is 1. The van der Waals surface area contributed by atoms with Crippen molar-refractivity contribution in [2.75, 3.05) is 44.7 Å². The molecule has 0 aliphatic carbocycles. The van der Waals surface area contributed by atoms with Crippen LogP contribution in [0.15, 0.2) is 48.5 Å². The average molecular weight is 400 g/mol. The molecular weight excluding hydrogens is 375 g/mol. The van der Waals surface area contributed by atoms with Crippen molar-refractivity contribution < 1.29 is 18.7 Å². The normalized spacial score (nSPS) is 13.7. The van der Waals surface area contributed by atoms with Gasteiger partial charge in [-0.15, -0.1) is 0 Å². The fraction of sp³-hybridized carbons (Fsp3) is 0.333. The Morgan fingerprint density at radius 1 is 1.00 bits per heavy atom. The number of carbonyl (C=O) groups excluding carboxylic acids is 2. The SMILES string of the molecule is COc1ccccc1CNC(=O)CNC(=O)N1CCN(c2ccc(F)cc2)CC1. The third kappa shape index (κ3) is 5.60. The van der Waals surface area contributed by atoms with Crippen molar-refractivity contribution in [3.05, 3.63) is 59.9 Å². The van der Waals surface area contributed by atoms with E-state index in [1.807, 2.05) is 24.3 Å². The van der Waals surface area contributed by atoms with Crippen LogP contribution in [0.1, 0.15) is 5.56 Å². The van der Waals surface area contributed by atoms with E-state index >= 15 is 0 Å². The van der Waals surface area contributed by atoms with Gasteiger partial charge in [0.05, 0.1) is 13.7 Å². The van der Waals surface area contributed by atoms with Crippen LogP contribution in [0.2, 0.25) is 0 Å². The van der Waals surface area contributed by atoms with E-state index < -0.39 is 0 Å². The molecule has 2 aromatic carbocycles. The molecular formula is C21H25FN4O3. The summed E-state index contributed by atoms with van der Waals surface area (Å²) in [5.41, 5.74) is 1.80. The largest absolute Gasteiger partial charge is 0.496 e. The Hall–Kier alpha value is -3.29. The Bertz CT molecular complexity index is 836. The molecule has 0 radical (unpaired) electrons. The lowest BCUT2D eigenvalue weighted by atomic mass is 10.2. The second-order valence-electron chi connectivity index (χ2n) is 6.70. The minimum Gasteiger partial charge on any atom is -0.496 e. The Morgan fingerprint density at radius 3 is 2.38 bits per heavy atom. The Kier molecular flexibility index (Phi) is 6.89. The molecule has 7 nitrogen and oxygen atoms in total. The van der Waals surface area contributed by atoms with Crippen LogP contribution in [0.4, 0.5) is 14.9 Å². The van der Waals surface area contributed by atoms with Crippen molar-refractivity contribution in [1.82, 2.24) is 15.5 Å². The molecule has 2 N–H and O–H groups in total. The van der Waals surface area contributed by atoms with Gasteiger partial charge in [0, 0.05) is 44.0 Å². The first-order valence-electron chi connectivity index (χ1n) is 9.48. The summed E-state index contributed by atoms with van der Waals surface area (Å²) in [7, 11) is 1.58. The van der Waals surface area contributed by atoms with Crippen molar-refractivity contribution >= 4 is 17.6 Å². The molecule has 0 unspecified atom stereocenters. The van der Waals surface area contributed by atoms with E-state index in [0.717, 1.165) is 11.3 Å². The number of halogens is 1. The molecule has 1 aliphatic rings. The van der Waals surface area contributed by atoms with Crippen molar-refractivity contribution in [3.63, 3.8) is 0 Å². The van der Waals surface area contributed by atoms with Gasteiger partial charge >= 0.3 is 6.03 Å². The summed E-state index contributed by atoms with van der Waals surface area (Å²) in [6.07, 6.45) is 0. The number of piperazine rings is 1. The predicted octanol–water partition coefficient (Wildman–Crippen LogP) is 1.98. The van der Waals surface area contributed by atoms with E-state index in [4.69, 9.17) is 4.74 Å². The van der Waals surface area contributed by atoms with Gasteiger partial charge in [0.1, 0.15) is 11.6 Å². The molecule has 3 rings (SSSR count). The molecule has 1 aliphatic heterocycles. The van der Waals surface area contributed by atoms with E-state index in [9.17, 15) is 14.0 Å². The number of urea groups is 1. The van der Waals surface area contributed by atoms with Gasteiger partial charge < -0.3 is 25.2 Å². The summed E-state index contributed by atoms with van der Waals surface area (Å²) < 4.78 is 18.3. The molecule has 1 saturated heterocycles. The van der Waals surface area contributed by atoms with Gasteiger partial charge in [-0.05, 0) is 30.3 Å². The Balaban J connectivity index is 1.39. The molecule has 1 heterocycles. The first-order chi connectivity index (χ1) is 14.1. The number of para-hydroxylation sites is 1. The third-order valence-corrected chi connectivity index (χ3v) is 4.83. The smallest absolute Gasteiger partial charge is 0.317 e. The van der Waals surface area contributed by atoms with Gasteiger partial charge in [-0.25, -0.2) is 9.18 Å². The van der Waals surface area contributed by atoms with Gasteiger partial charge in [-0.3, -0.25) is 4.79 Å². The monoisotopic (exact) mass is 400 g/mol. The maximum atomic E-state index is 13.0. The molecule has 0 bridgehead atoms. The standard InChI is InChI=1S/C21H25FN4O3/c1-29-19-5-3-2-4-16(19)14-23-20(27)15-24-21(28)26-12-10-25(11-13-26)18-8-6-17(22)7-9-18/h2-9H,10-15H2,1H3,(H,23,27)(H,24,28). The summed E-state index contributed by atoms with van der Waals surface area (Å²) in [6.45, 7) is 2.61. The zero-order valence-corrected chi connectivity index (χ0v) is 16.4. The number of methoxy groups -OCH3 is 1. The molecule has 154 valence electrons. The summed E-state index contributed by atoms with van der Waals surface area (Å²) in [6, 6.07) is 13.5. The van der Waals surface area contributed by atoms with Gasteiger partial charge in [0.15, 0.2) is 0 Å². The molecule has 3 amide bonds. The zero-order chi connectivity index (χ0) is 20.6. The highest BCUT2D eigenvalue weighted by Crippen LogP contribution is 2.17. The molecule has 2 aromatic rings. The number of carbonyl (C=O) groups is 2. The second-order valence-corrected chi connectivity index (χ2v) is 6.70. The van der Waals surface area contributed by atoms with Crippen LogP contribution in [0.25, 0.3) is 0 Å². The van der Waals surface area contributed by atoms with Gasteiger partial charge in [-0.1, -0.05) is 18.2 Å². The maximum Gasteiger partial charge on any atom is 0.317 e. The van der Waals surface area contributed by atoms with E-state index in [0.29, 0.717) is 38.5 Å². The average Bonchev–Trinajstić information content (AvgIpc) is 2.77. The number of rotatable bonds is 6. The number of anilines is 1. The van der Waals surface area contributed by atoms with E-state index in [-0.39, 0.29) is 24.3 Å². The number of hydrogen-bond donors (Lipinski definition) is 2. The van der Waals surface area contributed by atoms with Crippen LogP contribution in [0.5, 0.6) is 5.75 Å². The van der Waals surface area contributed by atoms with E-state index in [1.165, 1.54) is 12.1 Å². The number of hydrogen-bond acceptors (Lipinski definition) is 4. The topological polar surface area (TPSA) is 73.9 Å². The van der Waals surface area contributed by atoms with Crippen LogP contribution in [0.3, 0.4) is 0 Å². The van der Waals surface area contributed by atoms with Crippen LogP contribution in [-0.4, -0.2) is 56.7 Å². The molecule has 29 heavy (non-hydrogen) atoms. The molecule has 1 fully saturated rings. The Morgan fingerprint density at radius 2 is 1.69 bits per heavy atom. The highest BCUT2D eigenvalue weighted by molar-refractivity contribution is 5.84. The van der Waals surface area contributed by atoms with Crippen LogP contribution in [0, 0.1) is 5.82 Å². The number of amides is 3. The van der Waals surface area contributed by atoms with Crippen molar-refractivity contribution in [2.45, 2.75) is 6.54 Å². The number of benzene rings is 2. The van der Waals surface area contributed by atoms with Gasteiger partial charge in [0.25, 0.3) is 0 Å². The summed E-state index contributed by atoms with van der Waals surface area (Å²) in [4.78, 5) is 28.1. The van der Waals surface area contributed by atoms with E-state index in [1.54, 1.807) is 24.1 Å². The van der Waals surface area contributed by atoms with Crippen molar-refractivity contribution in [3.8, 4) is 5.75 Å². The summed E-state index contributed by atoms with van der Waals surface area (Å²) >= 11 is 0. The molecule has 0 atom stereocenters. The fourth-order valence-corrected chi connectivity index (χ4v) is 3.19. The number of nitrogens with zero attached hydrogens (tertiary/aromatic N) is 2. The molecule has 0 spiro atoms. The van der Waals surface area contributed by atoms with Crippen molar-refractivity contribution in [1.29, 1.82) is 0 Å². The van der Waals surface area contributed by atoms with E-state index in [2.05, 4.69) is 15.5 Å². The minimum atomic E-state index is -0.269. The predicted molar refractivity (Wildman–Crippen MR) is 108 cm³/mol. The highest BCUT2D eigenvalue weighted by Gasteiger charge is 2.21. The van der Waals surface area contributed by atoms with Gasteiger partial charge in [-0.2, -0.15) is 0 Å². The highest BCUT2D eigenvalue weighted by atomic mass is 19.1. The van der Waals surface area contributed by atoms with Crippen LogP contribution in [-0.2, 0) is 11.3 Å². The second kappa shape index (κ2) is 9.77. The lowest BCUT2D eigenvalue weighted by Gasteiger charge is -2.36. The lowest BCUT2D eigenvalue weighted by molar-refractivity contribution is -0.120.